The van der Waals surface area contributed by atoms with Crippen molar-refractivity contribution in [3.05, 3.63) is 48.0 Å². The smallest absolute Gasteiger partial charge is 0.321 e. The maximum absolute atomic E-state index is 12.4. The zero-order chi connectivity index (χ0) is 19.6. The molecule has 2 N–H and O–H groups in total. The third kappa shape index (κ3) is 5.30. The highest BCUT2D eigenvalue weighted by Crippen LogP contribution is 2.34. The predicted molar refractivity (Wildman–Crippen MR) is 109 cm³/mol. The van der Waals surface area contributed by atoms with Crippen molar-refractivity contribution >= 4 is 22.7 Å². The summed E-state index contributed by atoms with van der Waals surface area (Å²) in [7, 11) is 0. The zero-order valence-corrected chi connectivity index (χ0v) is 16.6. The lowest BCUT2D eigenvalue weighted by Crippen LogP contribution is -2.50. The largest absolute Gasteiger partial charge is 0.333 e. The van der Waals surface area contributed by atoms with Gasteiger partial charge in [0.15, 0.2) is 0 Å². The summed E-state index contributed by atoms with van der Waals surface area (Å²) >= 11 is 0. The summed E-state index contributed by atoms with van der Waals surface area (Å²) in [5.74, 6) is -0.267. The molecule has 144 valence electrons. The number of benzene rings is 2. The predicted octanol–water partition coefficient (Wildman–Crippen LogP) is 3.99. The van der Waals surface area contributed by atoms with Crippen LogP contribution in [0, 0.1) is 0 Å². The zero-order valence-electron chi connectivity index (χ0n) is 16.6. The molecule has 1 aliphatic rings. The Bertz CT molecular complexity index is 837. The van der Waals surface area contributed by atoms with Gasteiger partial charge in [-0.25, -0.2) is 4.79 Å². The first-order valence-corrected chi connectivity index (χ1v) is 9.59. The van der Waals surface area contributed by atoms with Gasteiger partial charge in [0, 0.05) is 17.6 Å². The molecule has 1 aliphatic carbocycles. The number of imide groups is 1. The van der Waals surface area contributed by atoms with E-state index in [-0.39, 0.29) is 24.0 Å². The lowest BCUT2D eigenvalue weighted by Gasteiger charge is -2.29. The Balaban J connectivity index is 1.69. The second-order valence-corrected chi connectivity index (χ2v) is 8.44. The Morgan fingerprint density at radius 3 is 2.41 bits per heavy atom. The number of carbonyl (C=O) groups excluding carboxylic acids is 2. The molecular formula is C22H29N3O2. The highest BCUT2D eigenvalue weighted by atomic mass is 16.2. The SMILES string of the molecule is CC(c1ccc2ccccc2c1)N(CC(=O)NC(=O)NC(C)(C)C)C1CC1. The fourth-order valence-corrected chi connectivity index (χ4v) is 3.35. The van der Waals surface area contributed by atoms with Crippen molar-refractivity contribution in [1.29, 1.82) is 0 Å². The van der Waals surface area contributed by atoms with E-state index in [4.69, 9.17) is 0 Å². The molecule has 0 radical (unpaired) electrons. The van der Waals surface area contributed by atoms with Crippen LogP contribution in [0.4, 0.5) is 4.79 Å². The molecule has 1 atom stereocenters. The fourth-order valence-electron chi connectivity index (χ4n) is 3.35. The summed E-state index contributed by atoms with van der Waals surface area (Å²) < 4.78 is 0. The van der Waals surface area contributed by atoms with Crippen LogP contribution < -0.4 is 10.6 Å². The van der Waals surface area contributed by atoms with Crippen LogP contribution in [0.25, 0.3) is 10.8 Å². The van der Waals surface area contributed by atoms with E-state index in [2.05, 4.69) is 52.8 Å². The van der Waals surface area contributed by atoms with Gasteiger partial charge in [0.25, 0.3) is 0 Å². The monoisotopic (exact) mass is 367 g/mol. The number of rotatable bonds is 5. The first-order valence-electron chi connectivity index (χ1n) is 9.59. The van der Waals surface area contributed by atoms with E-state index in [0.29, 0.717) is 6.04 Å². The Morgan fingerprint density at radius 2 is 1.78 bits per heavy atom. The van der Waals surface area contributed by atoms with E-state index in [9.17, 15) is 9.59 Å². The van der Waals surface area contributed by atoms with E-state index in [1.54, 1.807) is 0 Å². The normalized spacial score (nSPS) is 15.6. The van der Waals surface area contributed by atoms with Crippen molar-refractivity contribution in [2.24, 2.45) is 0 Å². The van der Waals surface area contributed by atoms with Gasteiger partial charge in [-0.3, -0.25) is 15.0 Å². The summed E-state index contributed by atoms with van der Waals surface area (Å²) in [4.78, 5) is 26.6. The third-order valence-electron chi connectivity index (χ3n) is 4.84. The number of nitrogens with one attached hydrogen (secondary N) is 2. The number of fused-ring (bicyclic) bond motifs is 1. The Kier molecular flexibility index (Phi) is 5.51. The van der Waals surface area contributed by atoms with E-state index < -0.39 is 6.03 Å². The van der Waals surface area contributed by atoms with Crippen LogP contribution in [0.1, 0.15) is 52.1 Å². The molecule has 2 aromatic carbocycles. The summed E-state index contributed by atoms with van der Waals surface area (Å²) in [5, 5.41) is 7.63. The molecule has 0 bridgehead atoms. The Morgan fingerprint density at radius 1 is 1.11 bits per heavy atom. The molecule has 1 unspecified atom stereocenters. The van der Waals surface area contributed by atoms with E-state index in [0.717, 1.165) is 12.8 Å². The highest BCUT2D eigenvalue weighted by molar-refractivity contribution is 5.95. The minimum absolute atomic E-state index is 0.110. The summed E-state index contributed by atoms with van der Waals surface area (Å²) in [5.41, 5.74) is 0.811. The average Bonchev–Trinajstić information content (AvgIpc) is 3.41. The fraction of sp³-hybridized carbons (Fsp3) is 0.455. The van der Waals surface area contributed by atoms with Gasteiger partial charge in [-0.2, -0.15) is 0 Å². The third-order valence-corrected chi connectivity index (χ3v) is 4.84. The molecule has 0 aliphatic heterocycles. The van der Waals surface area contributed by atoms with Crippen LogP contribution in [-0.2, 0) is 4.79 Å². The lowest BCUT2D eigenvalue weighted by molar-refractivity contribution is -0.121. The molecule has 5 heteroatoms. The van der Waals surface area contributed by atoms with Crippen LogP contribution in [0.5, 0.6) is 0 Å². The van der Waals surface area contributed by atoms with Crippen LogP contribution in [-0.4, -0.2) is 35.0 Å². The van der Waals surface area contributed by atoms with Crippen LogP contribution in [0.15, 0.2) is 42.5 Å². The molecule has 0 heterocycles. The van der Waals surface area contributed by atoms with Gasteiger partial charge in [-0.05, 0) is 62.9 Å². The van der Waals surface area contributed by atoms with Gasteiger partial charge in [0.1, 0.15) is 0 Å². The summed E-state index contributed by atoms with van der Waals surface area (Å²) in [6.07, 6.45) is 2.19. The minimum Gasteiger partial charge on any atom is -0.333 e. The number of nitrogens with zero attached hydrogens (tertiary/aromatic N) is 1. The number of carbonyl (C=O) groups is 2. The number of urea groups is 1. The maximum Gasteiger partial charge on any atom is 0.321 e. The first-order chi connectivity index (χ1) is 12.7. The van der Waals surface area contributed by atoms with Crippen LogP contribution in [0.2, 0.25) is 0 Å². The van der Waals surface area contributed by atoms with Gasteiger partial charge < -0.3 is 5.32 Å². The molecule has 0 saturated heterocycles. The van der Waals surface area contributed by atoms with Crippen molar-refractivity contribution in [3.63, 3.8) is 0 Å². The lowest BCUT2D eigenvalue weighted by atomic mass is 10.0. The van der Waals surface area contributed by atoms with Crippen molar-refractivity contribution in [2.75, 3.05) is 6.54 Å². The molecule has 3 rings (SSSR count). The van der Waals surface area contributed by atoms with Crippen LogP contribution >= 0.6 is 0 Å². The van der Waals surface area contributed by atoms with Crippen molar-refractivity contribution in [1.82, 2.24) is 15.5 Å². The topological polar surface area (TPSA) is 61.4 Å². The molecule has 0 aromatic heterocycles. The molecule has 2 aromatic rings. The van der Waals surface area contributed by atoms with Gasteiger partial charge in [-0.15, -0.1) is 0 Å². The molecule has 5 nitrogen and oxygen atoms in total. The average molecular weight is 367 g/mol. The quantitative estimate of drug-likeness (QED) is 0.840. The van der Waals surface area contributed by atoms with Crippen molar-refractivity contribution in [3.8, 4) is 0 Å². The van der Waals surface area contributed by atoms with Crippen molar-refractivity contribution in [2.45, 2.75) is 58.2 Å². The molecule has 1 fully saturated rings. The minimum atomic E-state index is -0.443. The molecule has 3 amide bonds. The first kappa shape index (κ1) is 19.4. The van der Waals surface area contributed by atoms with Gasteiger partial charge in [0.2, 0.25) is 5.91 Å². The number of hydrogen-bond acceptors (Lipinski definition) is 3. The Hall–Kier alpha value is -2.40. The van der Waals surface area contributed by atoms with Gasteiger partial charge in [0.05, 0.1) is 6.54 Å². The standard InChI is InChI=1S/C22H29N3O2/c1-15(17-10-9-16-7-5-6-8-18(16)13-17)25(19-11-12-19)14-20(26)23-21(27)24-22(2,3)4/h5-10,13,15,19H,11-12,14H2,1-4H3,(H2,23,24,26,27). The van der Waals surface area contributed by atoms with Gasteiger partial charge in [-0.1, -0.05) is 36.4 Å². The second kappa shape index (κ2) is 7.69. The highest BCUT2D eigenvalue weighted by Gasteiger charge is 2.34. The van der Waals surface area contributed by atoms with Crippen molar-refractivity contribution < 1.29 is 9.59 Å². The number of hydrogen-bond donors (Lipinski definition) is 2. The van der Waals surface area contributed by atoms with E-state index in [1.165, 1.54) is 16.3 Å². The summed E-state index contributed by atoms with van der Waals surface area (Å²) in [6.45, 7) is 8.00. The van der Waals surface area contributed by atoms with E-state index >= 15 is 0 Å². The molecular weight excluding hydrogens is 338 g/mol. The summed E-state index contributed by atoms with van der Waals surface area (Å²) in [6, 6.07) is 14.8. The molecule has 0 spiro atoms. The van der Waals surface area contributed by atoms with E-state index in [1.807, 2.05) is 32.9 Å². The molecule has 27 heavy (non-hydrogen) atoms. The maximum atomic E-state index is 12.4. The number of amides is 3. The van der Waals surface area contributed by atoms with Crippen LogP contribution in [0.3, 0.4) is 0 Å². The second-order valence-electron chi connectivity index (χ2n) is 8.44. The molecule has 1 saturated carbocycles. The van der Waals surface area contributed by atoms with Gasteiger partial charge >= 0.3 is 6.03 Å². The Labute approximate surface area is 161 Å².